The third-order valence-corrected chi connectivity index (χ3v) is 6.62. The first-order valence-electron chi connectivity index (χ1n) is 7.97. The molecule has 5 nitrogen and oxygen atoms in total. The minimum atomic E-state index is -0.617. The van der Waals surface area contributed by atoms with Crippen LogP contribution in [0.5, 0.6) is 11.5 Å². The van der Waals surface area contributed by atoms with Crippen LogP contribution in [-0.4, -0.2) is 15.2 Å². The van der Waals surface area contributed by atoms with E-state index in [1.54, 1.807) is 18.2 Å². The number of aromatic hydroxyl groups is 2. The van der Waals surface area contributed by atoms with Gasteiger partial charge in [-0.3, -0.25) is 4.79 Å². The number of nitrogens with one attached hydrogen (secondary N) is 1. The van der Waals surface area contributed by atoms with E-state index >= 15 is 0 Å². The number of benzene rings is 2. The summed E-state index contributed by atoms with van der Waals surface area (Å²) in [6.45, 7) is 0. The molecule has 2 heterocycles. The van der Waals surface area contributed by atoms with Crippen molar-refractivity contribution >= 4 is 53.4 Å². The molecule has 138 valence electrons. The number of rotatable bonds is 2. The molecule has 0 aliphatic carbocycles. The Labute approximate surface area is 179 Å². The molecule has 0 radical (unpaired) electrons. The number of hydrogen-bond acceptors (Lipinski definition) is 5. The maximum atomic E-state index is 11.9. The highest BCUT2D eigenvalue weighted by molar-refractivity contribution is 9.11. The topological polar surface area (TPSA) is 97.1 Å². The summed E-state index contributed by atoms with van der Waals surface area (Å²) in [6.07, 6.45) is 0. The van der Waals surface area contributed by atoms with Crippen LogP contribution in [0, 0.1) is 11.3 Å². The molecule has 0 unspecified atom stereocenters. The second-order valence-corrected chi connectivity index (χ2v) is 9.24. The lowest BCUT2D eigenvalue weighted by Crippen LogP contribution is -2.09. The van der Waals surface area contributed by atoms with Gasteiger partial charge in [0.2, 0.25) is 0 Å². The van der Waals surface area contributed by atoms with Crippen molar-refractivity contribution in [3.63, 3.8) is 0 Å². The largest absolute Gasteiger partial charge is 0.507 e. The van der Waals surface area contributed by atoms with Crippen LogP contribution in [0.15, 0.2) is 55.5 Å². The van der Waals surface area contributed by atoms with Gasteiger partial charge in [-0.15, -0.1) is 11.3 Å². The number of H-pyrrole nitrogens is 1. The summed E-state index contributed by atoms with van der Waals surface area (Å²) < 4.78 is 1.58. The van der Waals surface area contributed by atoms with Crippen LogP contribution in [-0.2, 0) is 0 Å². The fraction of sp³-hybridized carbons (Fsp3) is 0. The van der Waals surface area contributed by atoms with E-state index in [1.807, 2.05) is 30.3 Å². The van der Waals surface area contributed by atoms with E-state index in [0.717, 1.165) is 19.4 Å². The van der Waals surface area contributed by atoms with E-state index < -0.39 is 5.56 Å². The van der Waals surface area contributed by atoms with E-state index in [2.05, 4.69) is 36.8 Å². The molecule has 2 aromatic heterocycles. The fourth-order valence-electron chi connectivity index (χ4n) is 3.03. The summed E-state index contributed by atoms with van der Waals surface area (Å²) in [5.74, 6) is -0.154. The molecule has 0 bridgehead atoms. The standard InChI is InChI=1S/C20H10Br2N2O3S/c21-11-5-6-14(25)12(7-11)9-1-3-10(4-2-9)15-16-17(26)13(8-23)19(27)24-20(16)28-18(15)22/h1-7,25H,(H2,24,26,27). The molecule has 0 saturated carbocycles. The van der Waals surface area contributed by atoms with Gasteiger partial charge in [-0.05, 0) is 45.3 Å². The number of aromatic nitrogens is 1. The number of hydrogen-bond donors (Lipinski definition) is 3. The van der Waals surface area contributed by atoms with Crippen LogP contribution in [0.25, 0.3) is 32.5 Å². The highest BCUT2D eigenvalue weighted by atomic mass is 79.9. The van der Waals surface area contributed by atoms with Crippen molar-refractivity contribution in [2.45, 2.75) is 0 Å². The zero-order valence-electron chi connectivity index (χ0n) is 14.0. The van der Waals surface area contributed by atoms with Gasteiger partial charge in [0.15, 0.2) is 5.56 Å². The third kappa shape index (κ3) is 3.02. The molecule has 0 fully saturated rings. The second kappa shape index (κ2) is 7.09. The minimum absolute atomic E-state index is 0.173. The smallest absolute Gasteiger partial charge is 0.270 e. The molecule has 0 aliphatic rings. The average molecular weight is 518 g/mol. The molecule has 0 spiro atoms. The zero-order valence-corrected chi connectivity index (χ0v) is 17.9. The Morgan fingerprint density at radius 3 is 2.39 bits per heavy atom. The molecule has 2 aromatic carbocycles. The van der Waals surface area contributed by atoms with Crippen LogP contribution >= 0.6 is 43.2 Å². The minimum Gasteiger partial charge on any atom is -0.507 e. The monoisotopic (exact) mass is 516 g/mol. The number of fused-ring (bicyclic) bond motifs is 1. The normalized spacial score (nSPS) is 10.9. The average Bonchev–Trinajstić information content (AvgIpc) is 3.00. The highest BCUT2D eigenvalue weighted by Gasteiger charge is 2.21. The Balaban J connectivity index is 1.90. The predicted octanol–water partition coefficient (Wildman–Crippen LogP) is 5.73. The van der Waals surface area contributed by atoms with E-state index in [-0.39, 0.29) is 17.1 Å². The molecule has 8 heteroatoms. The number of nitriles is 1. The van der Waals surface area contributed by atoms with Gasteiger partial charge >= 0.3 is 0 Å². The van der Waals surface area contributed by atoms with Gasteiger partial charge in [-0.2, -0.15) is 5.26 Å². The SMILES string of the molecule is N#Cc1c(O)c2c(-c3ccc(-c4cc(Br)ccc4O)cc3)c(Br)sc2[nH]c1=O. The quantitative estimate of drug-likeness (QED) is 0.316. The molecular formula is C20H10Br2N2O3S. The lowest BCUT2D eigenvalue weighted by Gasteiger charge is -2.08. The molecule has 0 atom stereocenters. The summed E-state index contributed by atoms with van der Waals surface area (Å²) in [5, 5.41) is 30.2. The van der Waals surface area contributed by atoms with Gasteiger partial charge in [0.1, 0.15) is 22.4 Å². The second-order valence-electron chi connectivity index (χ2n) is 5.98. The van der Waals surface area contributed by atoms with Gasteiger partial charge in [0.05, 0.1) is 9.17 Å². The predicted molar refractivity (Wildman–Crippen MR) is 117 cm³/mol. The summed E-state index contributed by atoms with van der Waals surface area (Å²) in [4.78, 5) is 15.1. The van der Waals surface area contributed by atoms with Gasteiger partial charge in [-0.25, -0.2) is 0 Å². The van der Waals surface area contributed by atoms with E-state index in [4.69, 9.17) is 0 Å². The van der Waals surface area contributed by atoms with Crippen molar-refractivity contribution in [2.75, 3.05) is 0 Å². The van der Waals surface area contributed by atoms with E-state index in [0.29, 0.717) is 21.3 Å². The molecule has 28 heavy (non-hydrogen) atoms. The summed E-state index contributed by atoms with van der Waals surface area (Å²) in [6, 6.07) is 14.4. The first kappa shape index (κ1) is 18.7. The van der Waals surface area contributed by atoms with Crippen molar-refractivity contribution in [1.82, 2.24) is 4.98 Å². The molecule has 4 aromatic rings. The first-order chi connectivity index (χ1) is 13.4. The third-order valence-electron chi connectivity index (χ3n) is 4.35. The van der Waals surface area contributed by atoms with Crippen molar-refractivity contribution in [1.29, 1.82) is 5.26 Å². The van der Waals surface area contributed by atoms with Crippen LogP contribution in [0.2, 0.25) is 0 Å². The van der Waals surface area contributed by atoms with E-state index in [9.17, 15) is 20.3 Å². The molecular weight excluding hydrogens is 508 g/mol. The molecule has 4 rings (SSSR count). The summed E-state index contributed by atoms with van der Waals surface area (Å²) in [5.41, 5.74) is 2.07. The van der Waals surface area contributed by atoms with Gasteiger partial charge in [0.25, 0.3) is 5.56 Å². The number of phenolic OH excluding ortho intramolecular Hbond substituents is 1. The molecule has 0 aliphatic heterocycles. The summed E-state index contributed by atoms with van der Waals surface area (Å²) >= 11 is 8.17. The van der Waals surface area contributed by atoms with Crippen LogP contribution in [0.1, 0.15) is 5.56 Å². The number of thiophene rings is 1. The Morgan fingerprint density at radius 1 is 1.04 bits per heavy atom. The fourth-order valence-corrected chi connectivity index (χ4v) is 5.25. The van der Waals surface area contributed by atoms with Crippen molar-refractivity contribution in [3.05, 3.63) is 66.6 Å². The van der Waals surface area contributed by atoms with Crippen LogP contribution in [0.3, 0.4) is 0 Å². The summed E-state index contributed by atoms with van der Waals surface area (Å²) in [7, 11) is 0. The number of aromatic amines is 1. The van der Waals surface area contributed by atoms with Crippen LogP contribution < -0.4 is 5.56 Å². The lowest BCUT2D eigenvalue weighted by molar-refractivity contribution is 0.477. The number of pyridine rings is 1. The van der Waals surface area contributed by atoms with Crippen molar-refractivity contribution in [3.8, 4) is 39.8 Å². The molecule has 3 N–H and O–H groups in total. The van der Waals surface area contributed by atoms with Gasteiger partial charge < -0.3 is 15.2 Å². The molecule has 0 amide bonds. The van der Waals surface area contributed by atoms with Crippen LogP contribution in [0.4, 0.5) is 0 Å². The van der Waals surface area contributed by atoms with E-state index in [1.165, 1.54) is 11.3 Å². The number of nitrogens with zero attached hydrogens (tertiary/aromatic N) is 1. The number of phenols is 1. The van der Waals surface area contributed by atoms with Gasteiger partial charge in [0, 0.05) is 15.6 Å². The molecule has 0 saturated heterocycles. The Hall–Kier alpha value is -2.60. The van der Waals surface area contributed by atoms with Crippen molar-refractivity contribution < 1.29 is 10.2 Å². The van der Waals surface area contributed by atoms with Gasteiger partial charge in [-0.1, -0.05) is 40.2 Å². The first-order valence-corrected chi connectivity index (χ1v) is 10.4. The zero-order chi connectivity index (χ0) is 20.0. The Kier molecular flexibility index (Phi) is 4.75. The maximum Gasteiger partial charge on any atom is 0.270 e. The van der Waals surface area contributed by atoms with Crippen molar-refractivity contribution in [2.24, 2.45) is 0 Å². The Morgan fingerprint density at radius 2 is 1.71 bits per heavy atom. The Bertz CT molecular complexity index is 1340. The number of halogens is 2. The lowest BCUT2D eigenvalue weighted by atomic mass is 9.99. The highest BCUT2D eigenvalue weighted by Crippen LogP contribution is 2.45. The maximum absolute atomic E-state index is 11.9.